The molecule has 4 aromatic rings. The maximum Gasteiger partial charge on any atom is 0.257 e. The Bertz CT molecular complexity index is 1220. The summed E-state index contributed by atoms with van der Waals surface area (Å²) in [6.45, 7) is 4.38. The van der Waals surface area contributed by atoms with Crippen LogP contribution in [-0.2, 0) is 0 Å². The molecule has 0 bridgehead atoms. The second-order valence-electron chi connectivity index (χ2n) is 7.21. The molecule has 1 atom stereocenters. The van der Waals surface area contributed by atoms with E-state index >= 15 is 0 Å². The maximum atomic E-state index is 12.5. The lowest BCUT2D eigenvalue weighted by atomic mass is 9.98. The smallest absolute Gasteiger partial charge is 0.257 e. The van der Waals surface area contributed by atoms with Crippen LogP contribution in [0.2, 0.25) is 5.02 Å². The number of nitrogens with one attached hydrogen (secondary N) is 1. The molecule has 1 heterocycles. The number of aromatic nitrogens is 1. The molecule has 4 rings (SSSR count). The highest BCUT2D eigenvalue weighted by Crippen LogP contribution is 2.29. The van der Waals surface area contributed by atoms with E-state index in [0.29, 0.717) is 28.1 Å². The van der Waals surface area contributed by atoms with Crippen molar-refractivity contribution in [3.63, 3.8) is 0 Å². The number of rotatable bonds is 5. The highest BCUT2D eigenvalue weighted by molar-refractivity contribution is 14.1. The molecule has 6 heteroatoms. The average molecular weight is 531 g/mol. The van der Waals surface area contributed by atoms with E-state index in [1.807, 2.05) is 36.4 Å². The topological polar surface area (TPSA) is 55.1 Å². The minimum Gasteiger partial charge on any atom is -0.436 e. The molecule has 0 fully saturated rings. The fourth-order valence-electron chi connectivity index (χ4n) is 3.18. The van der Waals surface area contributed by atoms with Gasteiger partial charge in [-0.2, -0.15) is 0 Å². The molecule has 4 nitrogen and oxygen atoms in total. The van der Waals surface area contributed by atoms with Crippen LogP contribution in [0.4, 0.5) is 5.69 Å². The summed E-state index contributed by atoms with van der Waals surface area (Å²) in [6, 6.07) is 18.9. The number of carbonyl (C=O) groups excluding carboxylic acids is 1. The first-order valence-electron chi connectivity index (χ1n) is 9.72. The number of carbonyl (C=O) groups is 1. The van der Waals surface area contributed by atoms with E-state index in [1.165, 1.54) is 5.56 Å². The van der Waals surface area contributed by atoms with E-state index in [4.69, 9.17) is 16.0 Å². The Morgan fingerprint density at radius 2 is 1.90 bits per heavy atom. The highest BCUT2D eigenvalue weighted by Gasteiger charge is 2.13. The van der Waals surface area contributed by atoms with Crippen LogP contribution in [0.3, 0.4) is 0 Å². The number of oxazole rings is 1. The van der Waals surface area contributed by atoms with E-state index in [2.05, 4.69) is 58.9 Å². The van der Waals surface area contributed by atoms with Crippen molar-refractivity contribution in [2.24, 2.45) is 0 Å². The molecule has 0 saturated heterocycles. The first kappa shape index (κ1) is 20.9. The standard InChI is InChI=1S/C24H20ClIN2O2/c1-3-14(2)16-6-11-22-21(12-16)28-24(30-22)15-4-8-18(9-5-15)27-23(29)19-13-17(26)7-10-20(19)25/h4-14H,3H2,1-2H3,(H,27,29)/t14-/m0/s1. The average Bonchev–Trinajstić information content (AvgIpc) is 3.18. The summed E-state index contributed by atoms with van der Waals surface area (Å²) < 4.78 is 6.87. The highest BCUT2D eigenvalue weighted by atomic mass is 127. The van der Waals surface area contributed by atoms with Gasteiger partial charge in [-0.15, -0.1) is 0 Å². The molecule has 1 aromatic heterocycles. The number of nitrogens with zero attached hydrogens (tertiary/aromatic N) is 1. The maximum absolute atomic E-state index is 12.5. The normalized spacial score (nSPS) is 12.1. The first-order valence-corrected chi connectivity index (χ1v) is 11.2. The SMILES string of the molecule is CC[C@H](C)c1ccc2oc(-c3ccc(NC(=O)c4cc(I)ccc4Cl)cc3)nc2c1. The monoisotopic (exact) mass is 530 g/mol. The van der Waals surface area contributed by atoms with Gasteiger partial charge in [0.05, 0.1) is 10.6 Å². The van der Waals surface area contributed by atoms with Gasteiger partial charge in [-0.05, 0) is 95.1 Å². The zero-order chi connectivity index (χ0) is 21.3. The van der Waals surface area contributed by atoms with Crippen LogP contribution in [0.25, 0.3) is 22.6 Å². The van der Waals surface area contributed by atoms with Crippen LogP contribution >= 0.6 is 34.2 Å². The molecule has 0 aliphatic rings. The summed E-state index contributed by atoms with van der Waals surface area (Å²) in [5.41, 5.74) is 4.85. The molecule has 3 aromatic carbocycles. The molecule has 0 spiro atoms. The number of anilines is 1. The lowest BCUT2D eigenvalue weighted by Gasteiger charge is -2.07. The van der Waals surface area contributed by atoms with Crippen molar-refractivity contribution in [1.29, 1.82) is 0 Å². The molecular formula is C24H20ClIN2O2. The lowest BCUT2D eigenvalue weighted by molar-refractivity contribution is 0.102. The fraction of sp³-hybridized carbons (Fsp3) is 0.167. The summed E-state index contributed by atoms with van der Waals surface area (Å²) in [6.07, 6.45) is 1.08. The predicted octanol–water partition coefficient (Wildman–Crippen LogP) is 7.52. The molecule has 0 saturated carbocycles. The Labute approximate surface area is 193 Å². The fourth-order valence-corrected chi connectivity index (χ4v) is 3.87. The number of benzene rings is 3. The number of hydrogen-bond donors (Lipinski definition) is 1. The van der Waals surface area contributed by atoms with Crippen molar-refractivity contribution in [1.82, 2.24) is 4.98 Å². The van der Waals surface area contributed by atoms with E-state index in [1.54, 1.807) is 12.1 Å². The van der Waals surface area contributed by atoms with Gasteiger partial charge in [-0.3, -0.25) is 4.79 Å². The van der Waals surface area contributed by atoms with E-state index < -0.39 is 0 Å². The number of amides is 1. The molecule has 1 amide bonds. The van der Waals surface area contributed by atoms with Gasteiger partial charge in [-0.1, -0.05) is 31.5 Å². The summed E-state index contributed by atoms with van der Waals surface area (Å²) in [5, 5.41) is 3.30. The van der Waals surface area contributed by atoms with E-state index in [9.17, 15) is 4.79 Å². The quantitative estimate of drug-likeness (QED) is 0.272. The van der Waals surface area contributed by atoms with Gasteiger partial charge in [0.2, 0.25) is 5.89 Å². The van der Waals surface area contributed by atoms with Crippen LogP contribution in [0.5, 0.6) is 0 Å². The summed E-state index contributed by atoms with van der Waals surface area (Å²) in [7, 11) is 0. The van der Waals surface area contributed by atoms with Gasteiger partial charge in [-0.25, -0.2) is 4.98 Å². The molecule has 0 unspecified atom stereocenters. The van der Waals surface area contributed by atoms with Crippen LogP contribution in [0, 0.1) is 3.57 Å². The Morgan fingerprint density at radius 3 is 2.63 bits per heavy atom. The molecule has 1 N–H and O–H groups in total. The minimum absolute atomic E-state index is 0.245. The van der Waals surface area contributed by atoms with E-state index in [0.717, 1.165) is 26.7 Å². The number of halogens is 2. The summed E-state index contributed by atoms with van der Waals surface area (Å²) in [4.78, 5) is 17.2. The van der Waals surface area contributed by atoms with Gasteiger partial charge in [0, 0.05) is 14.8 Å². The molecular weight excluding hydrogens is 511 g/mol. The van der Waals surface area contributed by atoms with Gasteiger partial charge in [0.25, 0.3) is 5.91 Å². The Hall–Kier alpha value is -2.38. The second-order valence-corrected chi connectivity index (χ2v) is 8.86. The van der Waals surface area contributed by atoms with Crippen molar-refractivity contribution in [3.05, 3.63) is 80.4 Å². The summed E-state index contributed by atoms with van der Waals surface area (Å²) >= 11 is 8.31. The summed E-state index contributed by atoms with van der Waals surface area (Å²) in [5.74, 6) is 0.800. The second kappa shape index (κ2) is 8.78. The number of fused-ring (bicyclic) bond motifs is 1. The van der Waals surface area contributed by atoms with Crippen LogP contribution in [0.15, 0.2) is 65.1 Å². The first-order chi connectivity index (χ1) is 14.4. The van der Waals surface area contributed by atoms with Crippen molar-refractivity contribution < 1.29 is 9.21 Å². The van der Waals surface area contributed by atoms with Crippen molar-refractivity contribution in [2.45, 2.75) is 26.2 Å². The zero-order valence-electron chi connectivity index (χ0n) is 16.6. The molecule has 0 aliphatic heterocycles. The third kappa shape index (κ3) is 4.37. The van der Waals surface area contributed by atoms with Crippen LogP contribution in [0.1, 0.15) is 42.1 Å². The van der Waals surface area contributed by atoms with Crippen LogP contribution in [-0.4, -0.2) is 10.9 Å². The third-order valence-corrected chi connectivity index (χ3v) is 6.16. The van der Waals surface area contributed by atoms with Gasteiger partial charge in [0.1, 0.15) is 5.52 Å². The lowest BCUT2D eigenvalue weighted by Crippen LogP contribution is -2.12. The largest absolute Gasteiger partial charge is 0.436 e. The van der Waals surface area contributed by atoms with Crippen LogP contribution < -0.4 is 5.32 Å². The molecule has 152 valence electrons. The molecule has 0 radical (unpaired) electrons. The Balaban J connectivity index is 1.54. The molecule has 0 aliphatic carbocycles. The zero-order valence-corrected chi connectivity index (χ0v) is 19.5. The Morgan fingerprint density at radius 1 is 1.13 bits per heavy atom. The molecule has 30 heavy (non-hydrogen) atoms. The minimum atomic E-state index is -0.245. The number of hydrogen-bond acceptors (Lipinski definition) is 3. The van der Waals surface area contributed by atoms with Crippen molar-refractivity contribution in [3.8, 4) is 11.5 Å². The Kier molecular flexibility index (Phi) is 6.11. The third-order valence-electron chi connectivity index (χ3n) is 5.16. The predicted molar refractivity (Wildman–Crippen MR) is 130 cm³/mol. The van der Waals surface area contributed by atoms with E-state index in [-0.39, 0.29) is 5.91 Å². The van der Waals surface area contributed by atoms with Gasteiger partial charge < -0.3 is 9.73 Å². The van der Waals surface area contributed by atoms with Crippen molar-refractivity contribution in [2.75, 3.05) is 5.32 Å². The van der Waals surface area contributed by atoms with Gasteiger partial charge in [0.15, 0.2) is 5.58 Å². The van der Waals surface area contributed by atoms with Crippen molar-refractivity contribution >= 4 is 56.9 Å². The van der Waals surface area contributed by atoms with Gasteiger partial charge >= 0.3 is 0 Å².